The smallest absolute Gasteiger partial charge is 0.246 e. The van der Waals surface area contributed by atoms with Crippen LogP contribution in [-0.2, 0) is 9.59 Å². The van der Waals surface area contributed by atoms with Gasteiger partial charge >= 0.3 is 0 Å². The lowest BCUT2D eigenvalue weighted by molar-refractivity contribution is -0.177. The number of carbonyl (C=O) groups excluding carboxylic acids is 2. The first kappa shape index (κ1) is 19.8. The van der Waals surface area contributed by atoms with E-state index in [0.717, 1.165) is 20.1 Å². The van der Waals surface area contributed by atoms with Crippen LogP contribution in [-0.4, -0.2) is 33.6 Å². The van der Waals surface area contributed by atoms with Gasteiger partial charge in [-0.1, -0.05) is 70.0 Å². The Bertz CT molecular complexity index is 1040. The Morgan fingerprint density at radius 3 is 1.38 bits per heavy atom. The van der Waals surface area contributed by atoms with E-state index in [0.29, 0.717) is 12.8 Å². The van der Waals surface area contributed by atoms with Crippen LogP contribution in [0.25, 0.3) is 0 Å². The molecule has 32 heavy (non-hydrogen) atoms. The molecule has 0 N–H and O–H groups in total. The molecule has 6 heteroatoms. The lowest BCUT2D eigenvalue weighted by Crippen LogP contribution is -2.69. The molecule has 6 atom stereocenters. The molecule has 168 valence electrons. The van der Waals surface area contributed by atoms with Gasteiger partial charge in [0.05, 0.1) is 14.8 Å². The molecule has 2 aromatic carbocycles. The highest BCUT2D eigenvalue weighted by Gasteiger charge is 2.55. The van der Waals surface area contributed by atoms with Gasteiger partial charge in [0.15, 0.2) is 0 Å². The number of hydrogen-bond acceptors (Lipinski definition) is 2. The summed E-state index contributed by atoms with van der Waals surface area (Å²) in [6.07, 6.45) is 1.88. The third-order valence-electron chi connectivity index (χ3n) is 7.24. The number of carbonyl (C=O) groups is 2. The van der Waals surface area contributed by atoms with Gasteiger partial charge in [0.2, 0.25) is 11.8 Å². The standard InChI is InChI=1S/C26H28Br2N2O2/c1-15-3-13-21-26(32)30-22(14-4-16(2)24(30)18-7-11-20(28)12-8-18)25(31)29(21)23(15)17-5-9-19(27)10-6-17/h5-12,15-16,21-24H,3-4,13-14H2,1-2H3/t15-,16-,21-,22-,23-,24-/m1/s1/i21D,22D. The molecule has 0 aliphatic carbocycles. The molecule has 0 aromatic heterocycles. The lowest BCUT2D eigenvalue weighted by Gasteiger charge is -2.56. The van der Waals surface area contributed by atoms with E-state index in [2.05, 4.69) is 45.7 Å². The number of halogens is 2. The van der Waals surface area contributed by atoms with Crippen LogP contribution < -0.4 is 0 Å². The van der Waals surface area contributed by atoms with Gasteiger partial charge < -0.3 is 9.80 Å². The van der Waals surface area contributed by atoms with Crippen molar-refractivity contribution in [1.29, 1.82) is 0 Å². The number of benzene rings is 2. The Morgan fingerprint density at radius 1 is 0.688 bits per heavy atom. The number of fused-ring (bicyclic) bond motifs is 2. The molecular formula is C26H28Br2N2O2. The number of hydrogen-bond donors (Lipinski definition) is 0. The molecule has 3 aliphatic rings. The zero-order valence-electron chi connectivity index (χ0n) is 20.2. The van der Waals surface area contributed by atoms with E-state index < -0.39 is 35.9 Å². The van der Waals surface area contributed by atoms with Crippen molar-refractivity contribution >= 4 is 43.7 Å². The molecular weight excluding hydrogens is 532 g/mol. The minimum atomic E-state index is -1.71. The maximum Gasteiger partial charge on any atom is 0.246 e. The Morgan fingerprint density at radius 2 is 1.03 bits per heavy atom. The van der Waals surface area contributed by atoms with E-state index in [1.54, 1.807) is 0 Å². The fraction of sp³-hybridized carbons (Fsp3) is 0.462. The second kappa shape index (κ2) is 8.60. The molecule has 0 saturated carbocycles. The normalized spacial score (nSPS) is 38.0. The zero-order valence-corrected chi connectivity index (χ0v) is 21.4. The SMILES string of the molecule is [2H][C@]12CC[C@@H](C)[C@H](c3ccc(Br)cc3)N1C(=O)[C@@]1([2H])CC[C@@H](C)[C@H](c3ccc(Br)cc3)N1C2=O. The summed E-state index contributed by atoms with van der Waals surface area (Å²) < 4.78 is 20.7. The fourth-order valence-corrected chi connectivity index (χ4v) is 6.13. The van der Waals surface area contributed by atoms with Gasteiger partial charge in [0, 0.05) is 8.95 Å². The van der Waals surface area contributed by atoms with Crippen molar-refractivity contribution in [2.75, 3.05) is 0 Å². The summed E-state index contributed by atoms with van der Waals surface area (Å²) >= 11 is 6.93. The summed E-state index contributed by atoms with van der Waals surface area (Å²) in [4.78, 5) is 31.3. The van der Waals surface area contributed by atoms with E-state index in [1.165, 1.54) is 9.80 Å². The van der Waals surface area contributed by atoms with Crippen molar-refractivity contribution in [3.63, 3.8) is 0 Å². The molecule has 4 nitrogen and oxygen atoms in total. The first-order chi connectivity index (χ1) is 16.1. The van der Waals surface area contributed by atoms with Crippen molar-refractivity contribution in [2.24, 2.45) is 11.8 Å². The van der Waals surface area contributed by atoms with E-state index in [9.17, 15) is 12.3 Å². The Kier molecular flexibility index (Phi) is 5.32. The van der Waals surface area contributed by atoms with Crippen molar-refractivity contribution in [3.8, 4) is 0 Å². The fourth-order valence-electron chi connectivity index (χ4n) is 5.60. The number of amides is 2. The molecule has 3 fully saturated rings. The molecule has 2 amide bonds. The van der Waals surface area contributed by atoms with Crippen molar-refractivity contribution in [1.82, 2.24) is 9.80 Å². The molecule has 2 aromatic rings. The Balaban J connectivity index is 1.63. The maximum atomic E-state index is 14.2. The van der Waals surface area contributed by atoms with Gasteiger partial charge in [0.25, 0.3) is 0 Å². The monoisotopic (exact) mass is 560 g/mol. The minimum Gasteiger partial charge on any atom is -0.322 e. The third kappa shape index (κ3) is 3.63. The molecule has 0 radical (unpaired) electrons. The molecule has 3 aliphatic heterocycles. The molecule has 0 spiro atoms. The summed E-state index contributed by atoms with van der Waals surface area (Å²) in [5.74, 6) is -0.682. The Hall–Kier alpha value is -1.66. The van der Waals surface area contributed by atoms with Gasteiger partial charge in [-0.15, -0.1) is 0 Å². The minimum absolute atomic E-state index is 0.0799. The van der Waals surface area contributed by atoms with Crippen molar-refractivity contribution < 1.29 is 12.3 Å². The van der Waals surface area contributed by atoms with Gasteiger partial charge in [-0.05, 0) is 72.9 Å². The summed E-state index contributed by atoms with van der Waals surface area (Å²) in [6.45, 7) is 4.14. The third-order valence-corrected chi connectivity index (χ3v) is 8.30. The summed E-state index contributed by atoms with van der Waals surface area (Å²) in [7, 11) is 0. The maximum absolute atomic E-state index is 14.2. The average Bonchev–Trinajstić information content (AvgIpc) is 2.81. The second-order valence-corrected chi connectivity index (χ2v) is 11.1. The largest absolute Gasteiger partial charge is 0.322 e. The highest BCUT2D eigenvalue weighted by Crippen LogP contribution is 2.48. The highest BCUT2D eigenvalue weighted by molar-refractivity contribution is 9.10. The van der Waals surface area contributed by atoms with Gasteiger partial charge in [-0.25, -0.2) is 0 Å². The van der Waals surface area contributed by atoms with Crippen LogP contribution in [0.3, 0.4) is 0 Å². The molecule has 3 heterocycles. The summed E-state index contributed by atoms with van der Waals surface area (Å²) in [5, 5.41) is 0. The van der Waals surface area contributed by atoms with Crippen LogP contribution in [0.2, 0.25) is 0 Å². The molecule has 3 saturated heterocycles. The highest BCUT2D eigenvalue weighted by atomic mass is 79.9. The van der Waals surface area contributed by atoms with Crippen LogP contribution in [0.1, 0.15) is 65.5 Å². The van der Waals surface area contributed by atoms with E-state index in [4.69, 9.17) is 0 Å². The van der Waals surface area contributed by atoms with Crippen molar-refractivity contribution in [2.45, 2.75) is 63.7 Å². The lowest BCUT2D eigenvalue weighted by atomic mass is 9.76. The molecule has 5 rings (SSSR count). The Labute approximate surface area is 209 Å². The number of piperazine rings is 1. The summed E-state index contributed by atoms with van der Waals surface area (Å²) in [5.41, 5.74) is 1.80. The number of rotatable bonds is 2. The first-order valence-electron chi connectivity index (χ1n) is 12.3. The number of nitrogens with zero attached hydrogens (tertiary/aromatic N) is 2. The quantitative estimate of drug-likeness (QED) is 0.434. The number of piperidine rings is 2. The predicted molar refractivity (Wildman–Crippen MR) is 132 cm³/mol. The van der Waals surface area contributed by atoms with Gasteiger partial charge in [-0.2, -0.15) is 0 Å². The van der Waals surface area contributed by atoms with Crippen LogP contribution in [0.4, 0.5) is 0 Å². The molecule has 0 unspecified atom stereocenters. The zero-order chi connectivity index (χ0) is 24.4. The second-order valence-electron chi connectivity index (χ2n) is 9.27. The van der Waals surface area contributed by atoms with E-state index >= 15 is 0 Å². The summed E-state index contributed by atoms with van der Waals surface area (Å²) in [6, 6.07) is 11.2. The first-order valence-corrected chi connectivity index (χ1v) is 12.8. The average molecular weight is 562 g/mol. The van der Waals surface area contributed by atoms with Crippen LogP contribution >= 0.6 is 31.9 Å². The van der Waals surface area contributed by atoms with E-state index in [1.807, 2.05) is 48.5 Å². The van der Waals surface area contributed by atoms with Crippen molar-refractivity contribution in [3.05, 3.63) is 68.6 Å². The van der Waals surface area contributed by atoms with Gasteiger partial charge in [0.1, 0.15) is 12.0 Å². The topological polar surface area (TPSA) is 40.6 Å². The van der Waals surface area contributed by atoms with Gasteiger partial charge in [-0.3, -0.25) is 9.59 Å². The van der Waals surface area contributed by atoms with E-state index in [-0.39, 0.29) is 24.7 Å². The molecule has 0 bridgehead atoms. The van der Waals surface area contributed by atoms with Crippen LogP contribution in [0, 0.1) is 11.8 Å². The predicted octanol–water partition coefficient (Wildman–Crippen LogP) is 6.26. The van der Waals surface area contributed by atoms with Crippen LogP contribution in [0.5, 0.6) is 0 Å². The van der Waals surface area contributed by atoms with Crippen LogP contribution in [0.15, 0.2) is 57.5 Å².